The smallest absolute Gasteiger partial charge is 0.228 e. The number of rotatable bonds is 2. The van der Waals surface area contributed by atoms with Crippen molar-refractivity contribution in [3.05, 3.63) is 41.5 Å². The molecule has 1 fully saturated rings. The largest absolute Gasteiger partial charge is 0.326 e. The van der Waals surface area contributed by atoms with E-state index in [0.717, 1.165) is 24.1 Å². The average Bonchev–Trinajstić information content (AvgIpc) is 3.05. The van der Waals surface area contributed by atoms with Gasteiger partial charge in [0.25, 0.3) is 0 Å². The van der Waals surface area contributed by atoms with Crippen LogP contribution in [-0.4, -0.2) is 5.91 Å². The third kappa shape index (κ3) is 2.65. The maximum atomic E-state index is 12.5. The third-order valence-electron chi connectivity index (χ3n) is 4.79. The highest BCUT2D eigenvalue weighted by molar-refractivity contribution is 5.95. The summed E-state index contributed by atoms with van der Waals surface area (Å²) >= 11 is 0. The van der Waals surface area contributed by atoms with Gasteiger partial charge in [0, 0.05) is 11.6 Å². The number of fused-ring (bicyclic) bond motifs is 1. The second-order valence-corrected chi connectivity index (χ2v) is 6.29. The zero-order valence-corrected chi connectivity index (χ0v) is 12.4. The number of anilines is 1. The summed E-state index contributed by atoms with van der Waals surface area (Å²) in [6.07, 6.45) is 9.16. The summed E-state index contributed by atoms with van der Waals surface area (Å²) in [6, 6.07) is 6.23. The van der Waals surface area contributed by atoms with Gasteiger partial charge in [0.1, 0.15) is 0 Å². The Kier molecular flexibility index (Phi) is 3.64. The van der Waals surface area contributed by atoms with Crippen molar-refractivity contribution < 1.29 is 4.79 Å². The van der Waals surface area contributed by atoms with Crippen LogP contribution >= 0.6 is 0 Å². The minimum atomic E-state index is 0.232. The molecule has 2 unspecified atom stereocenters. The van der Waals surface area contributed by atoms with Crippen molar-refractivity contribution in [1.82, 2.24) is 0 Å². The van der Waals surface area contributed by atoms with Gasteiger partial charge in [-0.2, -0.15) is 0 Å². The lowest BCUT2D eigenvalue weighted by atomic mass is 10.1. The number of carbonyl (C=O) groups is 1. The van der Waals surface area contributed by atoms with Crippen molar-refractivity contribution in [2.24, 2.45) is 17.8 Å². The lowest BCUT2D eigenvalue weighted by Gasteiger charge is -2.09. The van der Waals surface area contributed by atoms with E-state index in [4.69, 9.17) is 0 Å². The van der Waals surface area contributed by atoms with Crippen molar-refractivity contribution in [3.63, 3.8) is 0 Å². The van der Waals surface area contributed by atoms with Crippen molar-refractivity contribution in [3.8, 4) is 0 Å². The fourth-order valence-corrected chi connectivity index (χ4v) is 3.52. The molecule has 1 aromatic carbocycles. The topological polar surface area (TPSA) is 29.1 Å². The van der Waals surface area contributed by atoms with E-state index in [1.165, 1.54) is 18.4 Å². The minimum Gasteiger partial charge on any atom is -0.326 e. The third-order valence-corrected chi connectivity index (χ3v) is 4.79. The molecular weight excluding hydrogens is 246 g/mol. The maximum Gasteiger partial charge on any atom is 0.228 e. The molecule has 106 valence electrons. The Morgan fingerprint density at radius 3 is 2.40 bits per heavy atom. The highest BCUT2D eigenvalue weighted by atomic mass is 16.2. The van der Waals surface area contributed by atoms with E-state index >= 15 is 0 Å². The Morgan fingerprint density at radius 2 is 1.75 bits per heavy atom. The fraction of sp³-hybridized carbons (Fsp3) is 0.500. The zero-order chi connectivity index (χ0) is 14.1. The van der Waals surface area contributed by atoms with Gasteiger partial charge in [-0.15, -0.1) is 0 Å². The monoisotopic (exact) mass is 269 g/mol. The van der Waals surface area contributed by atoms with Gasteiger partial charge < -0.3 is 5.32 Å². The van der Waals surface area contributed by atoms with Crippen LogP contribution in [0, 0.1) is 31.6 Å². The Labute approximate surface area is 121 Å². The van der Waals surface area contributed by atoms with E-state index < -0.39 is 0 Å². The molecule has 2 aliphatic rings. The van der Waals surface area contributed by atoms with Crippen LogP contribution in [0.25, 0.3) is 0 Å². The quantitative estimate of drug-likeness (QED) is 0.800. The Morgan fingerprint density at radius 1 is 1.10 bits per heavy atom. The van der Waals surface area contributed by atoms with Crippen LogP contribution in [0.5, 0.6) is 0 Å². The molecule has 0 aromatic heterocycles. The first kappa shape index (κ1) is 13.4. The average molecular weight is 269 g/mol. The molecule has 1 saturated carbocycles. The van der Waals surface area contributed by atoms with Crippen LogP contribution in [0.15, 0.2) is 30.4 Å². The van der Waals surface area contributed by atoms with Gasteiger partial charge in [-0.3, -0.25) is 4.79 Å². The highest BCUT2D eigenvalue weighted by Gasteiger charge is 2.53. The van der Waals surface area contributed by atoms with Crippen molar-refractivity contribution in [2.45, 2.75) is 39.5 Å². The van der Waals surface area contributed by atoms with Gasteiger partial charge in [0.05, 0.1) is 0 Å². The Balaban J connectivity index is 1.67. The molecule has 1 amide bonds. The summed E-state index contributed by atoms with van der Waals surface area (Å²) < 4.78 is 0. The molecule has 20 heavy (non-hydrogen) atoms. The molecule has 0 saturated heterocycles. The molecule has 3 rings (SSSR count). The molecule has 0 heterocycles. The predicted molar refractivity (Wildman–Crippen MR) is 82.6 cm³/mol. The molecule has 0 bridgehead atoms. The Bertz CT molecular complexity index is 530. The first-order valence-electron chi connectivity index (χ1n) is 7.70. The van der Waals surface area contributed by atoms with Crippen molar-refractivity contribution in [1.29, 1.82) is 0 Å². The predicted octanol–water partition coefficient (Wildman–Crippen LogP) is 4.23. The number of hydrogen-bond donors (Lipinski definition) is 1. The molecule has 0 aliphatic heterocycles. The minimum absolute atomic E-state index is 0.232. The molecule has 0 spiro atoms. The molecule has 0 radical (unpaired) electrons. The normalized spacial score (nSPS) is 29.8. The number of nitrogens with one attached hydrogen (secondary N) is 1. The number of hydrogen-bond acceptors (Lipinski definition) is 1. The van der Waals surface area contributed by atoms with Crippen LogP contribution in [0.1, 0.15) is 36.8 Å². The summed E-state index contributed by atoms with van der Waals surface area (Å²) in [5.41, 5.74) is 3.31. The Hall–Kier alpha value is -1.57. The van der Waals surface area contributed by atoms with Crippen LogP contribution in [0.3, 0.4) is 0 Å². The van der Waals surface area contributed by atoms with E-state index in [9.17, 15) is 4.79 Å². The van der Waals surface area contributed by atoms with E-state index in [1.807, 2.05) is 0 Å². The number of carbonyl (C=O) groups excluding carboxylic acids is 1. The lowest BCUT2D eigenvalue weighted by molar-refractivity contribution is -0.117. The van der Waals surface area contributed by atoms with E-state index in [2.05, 4.69) is 49.5 Å². The first-order valence-corrected chi connectivity index (χ1v) is 7.70. The number of aryl methyl sites for hydroxylation is 2. The summed E-state index contributed by atoms with van der Waals surface area (Å²) in [5, 5.41) is 3.15. The molecule has 1 N–H and O–H groups in total. The van der Waals surface area contributed by atoms with E-state index in [-0.39, 0.29) is 11.8 Å². The van der Waals surface area contributed by atoms with E-state index in [0.29, 0.717) is 11.8 Å². The van der Waals surface area contributed by atoms with Gasteiger partial charge >= 0.3 is 0 Å². The van der Waals surface area contributed by atoms with Crippen LogP contribution in [-0.2, 0) is 4.79 Å². The number of allylic oxidation sites excluding steroid dienone is 2. The van der Waals surface area contributed by atoms with Crippen LogP contribution in [0.2, 0.25) is 0 Å². The summed E-state index contributed by atoms with van der Waals surface area (Å²) in [4.78, 5) is 12.5. The van der Waals surface area contributed by atoms with Crippen LogP contribution in [0.4, 0.5) is 5.69 Å². The molecule has 2 heteroatoms. The summed E-state index contributed by atoms with van der Waals surface area (Å²) in [7, 11) is 0. The van der Waals surface area contributed by atoms with Gasteiger partial charge in [-0.1, -0.05) is 24.3 Å². The zero-order valence-electron chi connectivity index (χ0n) is 12.4. The van der Waals surface area contributed by atoms with Gasteiger partial charge in [0.2, 0.25) is 5.91 Å². The first-order chi connectivity index (χ1) is 9.66. The molecule has 2 nitrogen and oxygen atoms in total. The van der Waals surface area contributed by atoms with Crippen molar-refractivity contribution >= 4 is 11.6 Å². The second kappa shape index (κ2) is 5.43. The van der Waals surface area contributed by atoms with Crippen LogP contribution < -0.4 is 5.32 Å². The summed E-state index contributed by atoms with van der Waals surface area (Å²) in [5.74, 6) is 1.71. The molecular formula is C18H23NO. The summed E-state index contributed by atoms with van der Waals surface area (Å²) in [6.45, 7) is 4.11. The standard InChI is InChI=1S/C18H23NO/c1-12-9-10-13(2)16(11-12)19-18(20)17-14-7-5-3-4-6-8-15(14)17/h3-4,9-11,14-15,17H,5-8H2,1-2H3,(H,19,20)/b4-3-. The maximum absolute atomic E-state index is 12.5. The highest BCUT2D eigenvalue weighted by Crippen LogP contribution is 2.53. The van der Waals surface area contributed by atoms with Gasteiger partial charge in [-0.05, 0) is 68.6 Å². The molecule has 1 aromatic rings. The fourth-order valence-electron chi connectivity index (χ4n) is 3.52. The number of benzene rings is 1. The SMILES string of the molecule is Cc1ccc(C)c(NC(=O)C2C3CC/C=C\CCC32)c1. The van der Waals surface area contributed by atoms with E-state index in [1.54, 1.807) is 0 Å². The molecule has 2 atom stereocenters. The van der Waals surface area contributed by atoms with Crippen molar-refractivity contribution in [2.75, 3.05) is 5.32 Å². The van der Waals surface area contributed by atoms with Gasteiger partial charge in [0.15, 0.2) is 0 Å². The lowest BCUT2D eigenvalue weighted by Crippen LogP contribution is -2.16. The number of amides is 1. The van der Waals surface area contributed by atoms with Gasteiger partial charge in [-0.25, -0.2) is 0 Å². The molecule has 2 aliphatic carbocycles. The second-order valence-electron chi connectivity index (χ2n) is 6.29.